The highest BCUT2D eigenvalue weighted by molar-refractivity contribution is 5.78. The van der Waals surface area contributed by atoms with Crippen molar-refractivity contribution in [2.24, 2.45) is 0 Å². The lowest BCUT2D eigenvalue weighted by Crippen LogP contribution is -2.52. The van der Waals surface area contributed by atoms with Crippen molar-refractivity contribution in [3.8, 4) is 0 Å². The van der Waals surface area contributed by atoms with E-state index in [2.05, 4.69) is 4.90 Å². The minimum atomic E-state index is -0.164. The summed E-state index contributed by atoms with van der Waals surface area (Å²) in [6.45, 7) is 4.89. The fourth-order valence-corrected chi connectivity index (χ4v) is 3.60. The first-order chi connectivity index (χ1) is 12.6. The van der Waals surface area contributed by atoms with Crippen molar-refractivity contribution in [2.75, 3.05) is 45.8 Å². The maximum absolute atomic E-state index is 12.5. The monoisotopic (exact) mass is 360 g/mol. The van der Waals surface area contributed by atoms with Crippen LogP contribution >= 0.6 is 0 Å². The molecule has 142 valence electrons. The molecule has 1 aromatic heterocycles. The summed E-state index contributed by atoms with van der Waals surface area (Å²) in [5.41, 5.74) is -0.164. The van der Waals surface area contributed by atoms with Crippen molar-refractivity contribution < 1.29 is 9.59 Å². The summed E-state index contributed by atoms with van der Waals surface area (Å²) < 4.78 is 1.43. The zero-order valence-corrected chi connectivity index (χ0v) is 15.3. The van der Waals surface area contributed by atoms with E-state index >= 15 is 0 Å². The van der Waals surface area contributed by atoms with Gasteiger partial charge in [-0.15, -0.1) is 0 Å². The summed E-state index contributed by atoms with van der Waals surface area (Å²) in [4.78, 5) is 42.5. The van der Waals surface area contributed by atoms with Gasteiger partial charge < -0.3 is 14.4 Å². The number of pyridine rings is 1. The Morgan fingerprint density at radius 3 is 2.04 bits per heavy atom. The van der Waals surface area contributed by atoms with Gasteiger partial charge >= 0.3 is 0 Å². The molecule has 3 heterocycles. The molecule has 2 saturated heterocycles. The second-order valence-corrected chi connectivity index (χ2v) is 7.12. The molecule has 0 aliphatic carbocycles. The second kappa shape index (κ2) is 8.98. The molecule has 2 fully saturated rings. The molecule has 1 aromatic rings. The molecule has 0 saturated carbocycles. The van der Waals surface area contributed by atoms with Gasteiger partial charge in [0.25, 0.3) is 5.56 Å². The van der Waals surface area contributed by atoms with Crippen molar-refractivity contribution in [1.82, 2.24) is 19.3 Å². The molecule has 7 nitrogen and oxygen atoms in total. The molecule has 26 heavy (non-hydrogen) atoms. The van der Waals surface area contributed by atoms with Gasteiger partial charge in [0.1, 0.15) is 6.54 Å². The summed E-state index contributed by atoms with van der Waals surface area (Å²) in [6.07, 6.45) is 6.28. The molecule has 2 amide bonds. The molecule has 0 bridgehead atoms. The Kier molecular flexibility index (Phi) is 6.44. The quantitative estimate of drug-likeness (QED) is 0.779. The highest BCUT2D eigenvalue weighted by Crippen LogP contribution is 2.11. The van der Waals surface area contributed by atoms with Gasteiger partial charge in [-0.05, 0) is 18.9 Å². The Hall–Kier alpha value is -2.15. The van der Waals surface area contributed by atoms with Crippen molar-refractivity contribution in [3.63, 3.8) is 0 Å². The molecule has 0 unspecified atom stereocenters. The number of aromatic nitrogens is 1. The van der Waals surface area contributed by atoms with Crippen LogP contribution in [0.4, 0.5) is 0 Å². The molecule has 0 radical (unpaired) electrons. The van der Waals surface area contributed by atoms with E-state index in [1.165, 1.54) is 23.5 Å². The lowest BCUT2D eigenvalue weighted by Gasteiger charge is -2.35. The van der Waals surface area contributed by atoms with E-state index in [4.69, 9.17) is 0 Å². The van der Waals surface area contributed by atoms with Crippen LogP contribution in [0.1, 0.15) is 25.7 Å². The molecular weight excluding hydrogens is 332 g/mol. The van der Waals surface area contributed by atoms with Crippen molar-refractivity contribution in [1.29, 1.82) is 0 Å². The van der Waals surface area contributed by atoms with E-state index in [0.717, 1.165) is 25.9 Å². The van der Waals surface area contributed by atoms with Gasteiger partial charge in [0.2, 0.25) is 11.8 Å². The second-order valence-electron chi connectivity index (χ2n) is 7.12. The first kappa shape index (κ1) is 18.6. The van der Waals surface area contributed by atoms with Gasteiger partial charge in [0.15, 0.2) is 0 Å². The van der Waals surface area contributed by atoms with Crippen LogP contribution in [-0.2, 0) is 16.1 Å². The van der Waals surface area contributed by atoms with Crippen LogP contribution in [0, 0.1) is 0 Å². The number of carbonyl (C=O) groups is 2. The predicted molar refractivity (Wildman–Crippen MR) is 98.8 cm³/mol. The molecule has 0 atom stereocenters. The van der Waals surface area contributed by atoms with Gasteiger partial charge in [-0.3, -0.25) is 19.3 Å². The zero-order chi connectivity index (χ0) is 18.4. The van der Waals surface area contributed by atoms with Crippen LogP contribution in [0.2, 0.25) is 0 Å². The largest absolute Gasteiger partial charge is 0.342 e. The lowest BCUT2D eigenvalue weighted by molar-refractivity contribution is -0.135. The average Bonchev–Trinajstić information content (AvgIpc) is 2.94. The third-order valence-corrected chi connectivity index (χ3v) is 5.25. The standard InChI is InChI=1S/C19H28N4O3/c24-17-7-3-6-10-23(17)16-19(26)22-13-11-20(12-14-22)15-18(25)21-8-4-1-2-5-9-21/h3,6-7,10H,1-2,4-5,8-9,11-16H2. The van der Waals surface area contributed by atoms with Gasteiger partial charge in [-0.1, -0.05) is 18.9 Å². The van der Waals surface area contributed by atoms with E-state index < -0.39 is 0 Å². The van der Waals surface area contributed by atoms with Crippen molar-refractivity contribution >= 4 is 11.8 Å². The third kappa shape index (κ3) is 4.94. The number of likely N-dealkylation sites (tertiary alicyclic amines) is 1. The number of nitrogens with zero attached hydrogens (tertiary/aromatic N) is 4. The Morgan fingerprint density at radius 1 is 0.769 bits per heavy atom. The van der Waals surface area contributed by atoms with Crippen LogP contribution < -0.4 is 5.56 Å². The number of rotatable bonds is 4. The number of amides is 2. The van der Waals surface area contributed by atoms with Crippen LogP contribution in [0.5, 0.6) is 0 Å². The SMILES string of the molecule is O=C(CN1CCN(C(=O)Cn2ccccc2=O)CC1)N1CCCCCC1. The van der Waals surface area contributed by atoms with E-state index in [1.54, 1.807) is 23.2 Å². The maximum atomic E-state index is 12.5. The van der Waals surface area contributed by atoms with E-state index in [9.17, 15) is 14.4 Å². The molecule has 2 aliphatic heterocycles. The fraction of sp³-hybridized carbons (Fsp3) is 0.632. The number of carbonyl (C=O) groups excluding carboxylic acids is 2. The van der Waals surface area contributed by atoms with Crippen LogP contribution in [-0.4, -0.2) is 76.9 Å². The summed E-state index contributed by atoms with van der Waals surface area (Å²) in [7, 11) is 0. The predicted octanol–water partition coefficient (Wildman–Crippen LogP) is 0.395. The number of hydrogen-bond acceptors (Lipinski definition) is 4. The van der Waals surface area contributed by atoms with Gasteiger partial charge in [-0.2, -0.15) is 0 Å². The van der Waals surface area contributed by atoms with Gasteiger partial charge in [-0.25, -0.2) is 0 Å². The Morgan fingerprint density at radius 2 is 1.38 bits per heavy atom. The summed E-state index contributed by atoms with van der Waals surface area (Å²) in [5, 5.41) is 0. The minimum Gasteiger partial charge on any atom is -0.342 e. The molecule has 2 aliphatic rings. The summed E-state index contributed by atoms with van der Waals surface area (Å²) in [6, 6.07) is 4.88. The van der Waals surface area contributed by atoms with E-state index in [-0.39, 0.29) is 23.9 Å². The molecule has 0 spiro atoms. The molecule has 0 N–H and O–H groups in total. The van der Waals surface area contributed by atoms with Crippen molar-refractivity contribution in [3.05, 3.63) is 34.7 Å². The summed E-state index contributed by atoms with van der Waals surface area (Å²) in [5.74, 6) is 0.166. The van der Waals surface area contributed by atoms with E-state index in [0.29, 0.717) is 32.7 Å². The van der Waals surface area contributed by atoms with Crippen LogP contribution in [0.3, 0.4) is 0 Å². The van der Waals surface area contributed by atoms with Crippen LogP contribution in [0.25, 0.3) is 0 Å². The van der Waals surface area contributed by atoms with Gasteiger partial charge in [0.05, 0.1) is 6.54 Å². The number of piperazine rings is 1. The maximum Gasteiger partial charge on any atom is 0.250 e. The highest BCUT2D eigenvalue weighted by Gasteiger charge is 2.24. The smallest absolute Gasteiger partial charge is 0.250 e. The molecule has 0 aromatic carbocycles. The topological polar surface area (TPSA) is 65.9 Å². The minimum absolute atomic E-state index is 0.0446. The Labute approximate surface area is 154 Å². The third-order valence-electron chi connectivity index (χ3n) is 5.25. The van der Waals surface area contributed by atoms with E-state index in [1.807, 2.05) is 4.90 Å². The Balaban J connectivity index is 1.45. The Bertz CT molecular complexity index is 671. The van der Waals surface area contributed by atoms with Crippen LogP contribution in [0.15, 0.2) is 29.2 Å². The zero-order valence-electron chi connectivity index (χ0n) is 15.3. The molecule has 3 rings (SSSR count). The normalized spacial score (nSPS) is 19.2. The first-order valence-electron chi connectivity index (χ1n) is 9.57. The fourth-order valence-electron chi connectivity index (χ4n) is 3.60. The highest BCUT2D eigenvalue weighted by atomic mass is 16.2. The molecule has 7 heteroatoms. The average molecular weight is 360 g/mol. The van der Waals surface area contributed by atoms with Crippen molar-refractivity contribution in [2.45, 2.75) is 32.2 Å². The first-order valence-corrected chi connectivity index (χ1v) is 9.57. The summed E-state index contributed by atoms with van der Waals surface area (Å²) >= 11 is 0. The lowest BCUT2D eigenvalue weighted by atomic mass is 10.2. The van der Waals surface area contributed by atoms with Gasteiger partial charge in [0, 0.05) is 51.5 Å². The molecular formula is C19H28N4O3. The number of hydrogen-bond donors (Lipinski definition) is 0.